The maximum atomic E-state index is 12.3. The normalized spacial score (nSPS) is 30.9. The minimum Gasteiger partial charge on any atom is -0.394 e. The lowest BCUT2D eigenvalue weighted by molar-refractivity contribution is -0.143. The van der Waals surface area contributed by atoms with Crippen LogP contribution in [0.3, 0.4) is 0 Å². The predicted octanol–water partition coefficient (Wildman–Crippen LogP) is 1.04. The number of hydrogen-bond acceptors (Lipinski definition) is 3. The molecule has 2 saturated heterocycles. The molecule has 2 N–H and O–H groups in total. The quantitative estimate of drug-likeness (QED) is 0.819. The highest BCUT2D eigenvalue weighted by atomic mass is 19.4. The van der Waals surface area contributed by atoms with Gasteiger partial charge in [0.25, 0.3) is 0 Å². The zero-order valence-corrected chi connectivity index (χ0v) is 12.1. The number of urea groups is 1. The van der Waals surface area contributed by atoms with E-state index in [1.54, 1.807) is 4.90 Å². The van der Waals surface area contributed by atoms with Gasteiger partial charge in [0.1, 0.15) is 0 Å². The number of aliphatic hydroxyl groups excluding tert-OH is 1. The number of amides is 2. The van der Waals surface area contributed by atoms with Gasteiger partial charge in [-0.3, -0.25) is 4.90 Å². The average molecular weight is 309 g/mol. The van der Waals surface area contributed by atoms with E-state index < -0.39 is 12.7 Å². The highest BCUT2D eigenvalue weighted by Crippen LogP contribution is 2.24. The van der Waals surface area contributed by atoms with Gasteiger partial charge in [-0.1, -0.05) is 6.92 Å². The molecule has 0 radical (unpaired) electrons. The zero-order valence-electron chi connectivity index (χ0n) is 12.1. The molecule has 0 aliphatic carbocycles. The third-order valence-electron chi connectivity index (χ3n) is 4.33. The molecule has 0 saturated carbocycles. The Labute approximate surface area is 122 Å². The van der Waals surface area contributed by atoms with Crippen LogP contribution in [0.5, 0.6) is 0 Å². The van der Waals surface area contributed by atoms with E-state index in [4.69, 9.17) is 0 Å². The molecule has 0 aromatic heterocycles. The van der Waals surface area contributed by atoms with Crippen LogP contribution in [0, 0.1) is 5.92 Å². The molecule has 5 nitrogen and oxygen atoms in total. The lowest BCUT2D eigenvalue weighted by Crippen LogP contribution is -2.49. The molecule has 2 aliphatic rings. The second-order valence-corrected chi connectivity index (χ2v) is 5.99. The molecule has 0 aromatic carbocycles. The number of carbonyl (C=O) groups excluding carboxylic acids is 1. The largest absolute Gasteiger partial charge is 0.401 e. The summed E-state index contributed by atoms with van der Waals surface area (Å²) in [5.74, 6) is 0.242. The minimum absolute atomic E-state index is 0.0839. The fraction of sp³-hybridized carbons (Fsp3) is 0.923. The molecular formula is C13H22F3N3O2. The fourth-order valence-corrected chi connectivity index (χ4v) is 3.14. The van der Waals surface area contributed by atoms with Gasteiger partial charge in [0, 0.05) is 25.7 Å². The van der Waals surface area contributed by atoms with Crippen molar-refractivity contribution in [3.63, 3.8) is 0 Å². The number of nitrogens with one attached hydrogen (secondary N) is 1. The number of carbonyl (C=O) groups is 1. The first kappa shape index (κ1) is 16.4. The highest BCUT2D eigenvalue weighted by molar-refractivity contribution is 5.75. The van der Waals surface area contributed by atoms with Crippen LogP contribution in [-0.4, -0.2) is 72.0 Å². The number of alkyl halides is 3. The van der Waals surface area contributed by atoms with Crippen molar-refractivity contribution in [1.29, 1.82) is 0 Å². The number of halogens is 3. The third-order valence-corrected chi connectivity index (χ3v) is 4.33. The Morgan fingerprint density at radius 1 is 1.33 bits per heavy atom. The first-order chi connectivity index (χ1) is 9.80. The Kier molecular flexibility index (Phi) is 4.98. The Balaban J connectivity index is 1.82. The van der Waals surface area contributed by atoms with E-state index in [2.05, 4.69) is 5.32 Å². The fourth-order valence-electron chi connectivity index (χ4n) is 3.14. The summed E-state index contributed by atoms with van der Waals surface area (Å²) in [5.41, 5.74) is 0. The van der Waals surface area contributed by atoms with E-state index in [1.165, 1.54) is 4.90 Å². The summed E-state index contributed by atoms with van der Waals surface area (Å²) in [6, 6.07) is -0.731. The number of nitrogens with zero attached hydrogens (tertiary/aromatic N) is 2. The van der Waals surface area contributed by atoms with Crippen molar-refractivity contribution in [2.45, 2.75) is 38.0 Å². The molecule has 2 aliphatic heterocycles. The molecule has 2 fully saturated rings. The van der Waals surface area contributed by atoms with E-state index in [0.717, 1.165) is 6.42 Å². The van der Waals surface area contributed by atoms with Gasteiger partial charge in [-0.2, -0.15) is 13.2 Å². The number of hydrogen-bond donors (Lipinski definition) is 2. The SMILES string of the molecule is C[C@@H]1CCN(C(=O)N[C@@H]2CCN(CC(F)(F)F)C2)[C@H]1CO. The van der Waals surface area contributed by atoms with Crippen LogP contribution in [0.4, 0.5) is 18.0 Å². The summed E-state index contributed by atoms with van der Waals surface area (Å²) in [6.07, 6.45) is -2.84. The minimum atomic E-state index is -4.20. The summed E-state index contributed by atoms with van der Waals surface area (Å²) < 4.78 is 37.0. The highest BCUT2D eigenvalue weighted by Gasteiger charge is 2.37. The summed E-state index contributed by atoms with van der Waals surface area (Å²) in [5, 5.41) is 12.1. The van der Waals surface area contributed by atoms with Crippen LogP contribution in [0.25, 0.3) is 0 Å². The smallest absolute Gasteiger partial charge is 0.394 e. The lowest BCUT2D eigenvalue weighted by atomic mass is 10.0. The van der Waals surface area contributed by atoms with E-state index in [1.807, 2.05) is 6.92 Å². The molecule has 3 atom stereocenters. The second kappa shape index (κ2) is 6.39. The number of likely N-dealkylation sites (tertiary alicyclic amines) is 2. The van der Waals surface area contributed by atoms with Crippen molar-refractivity contribution in [3.05, 3.63) is 0 Å². The monoisotopic (exact) mass is 309 g/mol. The molecule has 0 aromatic rings. The van der Waals surface area contributed by atoms with E-state index in [-0.39, 0.29) is 37.2 Å². The summed E-state index contributed by atoms with van der Waals surface area (Å²) in [4.78, 5) is 15.1. The summed E-state index contributed by atoms with van der Waals surface area (Å²) >= 11 is 0. The average Bonchev–Trinajstić information content (AvgIpc) is 2.93. The van der Waals surface area contributed by atoms with Gasteiger partial charge >= 0.3 is 12.2 Å². The predicted molar refractivity (Wildman–Crippen MR) is 70.8 cm³/mol. The maximum Gasteiger partial charge on any atom is 0.401 e. The number of aliphatic hydroxyl groups is 1. The van der Waals surface area contributed by atoms with E-state index >= 15 is 0 Å². The zero-order chi connectivity index (χ0) is 15.6. The molecule has 0 spiro atoms. The van der Waals surface area contributed by atoms with Gasteiger partial charge in [-0.25, -0.2) is 4.79 Å². The van der Waals surface area contributed by atoms with Gasteiger partial charge < -0.3 is 15.3 Å². The number of rotatable bonds is 3. The molecule has 0 unspecified atom stereocenters. The van der Waals surface area contributed by atoms with Crippen molar-refractivity contribution < 1.29 is 23.1 Å². The second-order valence-electron chi connectivity index (χ2n) is 5.99. The van der Waals surface area contributed by atoms with Crippen LogP contribution in [0.1, 0.15) is 19.8 Å². The topological polar surface area (TPSA) is 55.8 Å². The molecule has 21 heavy (non-hydrogen) atoms. The molecule has 0 bridgehead atoms. The van der Waals surface area contributed by atoms with E-state index in [0.29, 0.717) is 19.5 Å². The van der Waals surface area contributed by atoms with Gasteiger partial charge in [0.15, 0.2) is 0 Å². The van der Waals surface area contributed by atoms with Crippen LogP contribution >= 0.6 is 0 Å². The lowest BCUT2D eigenvalue weighted by Gasteiger charge is -2.27. The van der Waals surface area contributed by atoms with E-state index in [9.17, 15) is 23.1 Å². The third kappa shape index (κ3) is 4.23. The van der Waals surface area contributed by atoms with Gasteiger partial charge in [-0.15, -0.1) is 0 Å². The maximum absolute atomic E-state index is 12.3. The molecule has 2 amide bonds. The Morgan fingerprint density at radius 2 is 2.05 bits per heavy atom. The Bertz CT molecular complexity index is 378. The van der Waals surface area contributed by atoms with Crippen molar-refractivity contribution in [3.8, 4) is 0 Å². The Morgan fingerprint density at radius 3 is 2.67 bits per heavy atom. The van der Waals surface area contributed by atoms with Crippen molar-refractivity contribution in [2.24, 2.45) is 5.92 Å². The first-order valence-electron chi connectivity index (χ1n) is 7.27. The van der Waals surface area contributed by atoms with Crippen LogP contribution in [-0.2, 0) is 0 Å². The molecule has 2 heterocycles. The van der Waals surface area contributed by atoms with Crippen LogP contribution in [0.2, 0.25) is 0 Å². The van der Waals surface area contributed by atoms with Crippen LogP contribution < -0.4 is 5.32 Å². The first-order valence-corrected chi connectivity index (χ1v) is 7.27. The van der Waals surface area contributed by atoms with Crippen molar-refractivity contribution >= 4 is 6.03 Å². The standard InChI is InChI=1S/C13H22F3N3O2/c1-9-2-5-19(11(9)7-20)12(21)17-10-3-4-18(6-10)8-13(14,15)16/h9-11,20H,2-8H2,1H3,(H,17,21)/t9-,10-,11+/m1/s1. The Hall–Kier alpha value is -1.02. The van der Waals surface area contributed by atoms with Crippen molar-refractivity contribution in [1.82, 2.24) is 15.1 Å². The van der Waals surface area contributed by atoms with Gasteiger partial charge in [-0.05, 0) is 18.8 Å². The molecule has 2 rings (SSSR count). The molecule has 122 valence electrons. The van der Waals surface area contributed by atoms with Crippen LogP contribution in [0.15, 0.2) is 0 Å². The van der Waals surface area contributed by atoms with Gasteiger partial charge in [0.2, 0.25) is 0 Å². The molecule has 8 heteroatoms. The van der Waals surface area contributed by atoms with Crippen molar-refractivity contribution in [2.75, 3.05) is 32.8 Å². The summed E-state index contributed by atoms with van der Waals surface area (Å²) in [7, 11) is 0. The summed E-state index contributed by atoms with van der Waals surface area (Å²) in [6.45, 7) is 2.10. The molecular weight excluding hydrogens is 287 g/mol. The van der Waals surface area contributed by atoms with Gasteiger partial charge in [0.05, 0.1) is 19.2 Å².